The molecule has 0 aromatic heterocycles. The van der Waals surface area contributed by atoms with Crippen molar-refractivity contribution in [2.24, 2.45) is 10.7 Å². The van der Waals surface area contributed by atoms with E-state index in [0.717, 1.165) is 51.5 Å². The zero-order valence-corrected chi connectivity index (χ0v) is 20.3. The van der Waals surface area contributed by atoms with Crippen molar-refractivity contribution in [2.45, 2.75) is 45.3 Å². The van der Waals surface area contributed by atoms with Gasteiger partial charge < -0.3 is 16.4 Å². The lowest BCUT2D eigenvalue weighted by Gasteiger charge is -2.32. The Morgan fingerprint density at radius 1 is 1.31 bits per heavy atom. The van der Waals surface area contributed by atoms with Crippen molar-refractivity contribution in [2.75, 3.05) is 39.8 Å². The number of nitrogens with two attached hydrogens (primary N) is 1. The number of hydrogen-bond donors (Lipinski definition) is 3. The van der Waals surface area contributed by atoms with E-state index >= 15 is 0 Å². The van der Waals surface area contributed by atoms with Crippen molar-refractivity contribution in [3.63, 3.8) is 0 Å². The molecule has 164 valence electrons. The van der Waals surface area contributed by atoms with Crippen LogP contribution >= 0.6 is 24.0 Å². The fraction of sp³-hybridized carbons (Fsp3) is 0.619. The molecule has 7 nitrogen and oxygen atoms in total. The molecule has 0 radical (unpaired) electrons. The van der Waals surface area contributed by atoms with Gasteiger partial charge in [0.2, 0.25) is 5.91 Å². The Morgan fingerprint density at radius 2 is 1.97 bits per heavy atom. The Hall–Kier alpha value is -1.39. The highest BCUT2D eigenvalue weighted by Crippen LogP contribution is 2.10. The van der Waals surface area contributed by atoms with Crippen molar-refractivity contribution in [3.05, 3.63) is 35.9 Å². The van der Waals surface area contributed by atoms with Crippen LogP contribution in [0.25, 0.3) is 0 Å². The predicted molar refractivity (Wildman–Crippen MR) is 131 cm³/mol. The molecular weight excluding hydrogens is 479 g/mol. The number of amides is 1. The Morgan fingerprint density at radius 3 is 2.55 bits per heavy atom. The molecule has 0 saturated carbocycles. The molecular formula is C21H37IN6O. The van der Waals surface area contributed by atoms with E-state index in [9.17, 15) is 4.79 Å². The first-order valence-corrected chi connectivity index (χ1v) is 10.3. The fourth-order valence-electron chi connectivity index (χ4n) is 3.36. The van der Waals surface area contributed by atoms with E-state index in [-0.39, 0.29) is 29.9 Å². The molecule has 2 rings (SSSR count). The SMILES string of the molecule is CCNC(=NCC(C)N(C)Cc1ccccc1)NC1CCN(CC(N)=O)CC1.I. The number of primary amides is 1. The number of nitrogens with zero attached hydrogens (tertiary/aromatic N) is 3. The number of carbonyl (C=O) groups is 1. The molecule has 0 aliphatic carbocycles. The van der Waals surface area contributed by atoms with E-state index in [2.05, 4.69) is 65.6 Å². The second kappa shape index (κ2) is 13.8. The minimum absolute atomic E-state index is 0. The Labute approximate surface area is 192 Å². The van der Waals surface area contributed by atoms with Gasteiger partial charge in [-0.25, -0.2) is 0 Å². The second-order valence-corrected chi connectivity index (χ2v) is 7.63. The summed E-state index contributed by atoms with van der Waals surface area (Å²) in [6, 6.07) is 11.2. The molecule has 1 aromatic carbocycles. The van der Waals surface area contributed by atoms with Crippen LogP contribution in [0.1, 0.15) is 32.3 Å². The van der Waals surface area contributed by atoms with Gasteiger partial charge in [-0.2, -0.15) is 0 Å². The summed E-state index contributed by atoms with van der Waals surface area (Å²) < 4.78 is 0. The second-order valence-electron chi connectivity index (χ2n) is 7.63. The Balaban J connectivity index is 0.00000420. The van der Waals surface area contributed by atoms with Gasteiger partial charge >= 0.3 is 0 Å². The largest absolute Gasteiger partial charge is 0.369 e. The quantitative estimate of drug-likeness (QED) is 0.264. The first kappa shape index (κ1) is 25.6. The van der Waals surface area contributed by atoms with Crippen LogP contribution in [0.15, 0.2) is 35.3 Å². The lowest BCUT2D eigenvalue weighted by molar-refractivity contribution is -0.119. The van der Waals surface area contributed by atoms with Crippen molar-refractivity contribution < 1.29 is 4.79 Å². The molecule has 1 aromatic rings. The molecule has 1 amide bonds. The molecule has 1 heterocycles. The van der Waals surface area contributed by atoms with Gasteiger partial charge in [-0.1, -0.05) is 30.3 Å². The number of halogens is 1. The minimum atomic E-state index is -0.255. The van der Waals surface area contributed by atoms with E-state index in [1.165, 1.54) is 5.56 Å². The summed E-state index contributed by atoms with van der Waals surface area (Å²) in [7, 11) is 2.14. The van der Waals surface area contributed by atoms with Crippen LogP contribution in [-0.2, 0) is 11.3 Å². The lowest BCUT2D eigenvalue weighted by Crippen LogP contribution is -2.50. The molecule has 4 N–H and O–H groups in total. The molecule has 1 aliphatic rings. The summed E-state index contributed by atoms with van der Waals surface area (Å²) in [6.45, 7) is 8.90. The number of benzene rings is 1. The van der Waals surface area contributed by atoms with E-state index < -0.39 is 0 Å². The van der Waals surface area contributed by atoms with E-state index in [0.29, 0.717) is 18.6 Å². The van der Waals surface area contributed by atoms with Crippen molar-refractivity contribution in [1.82, 2.24) is 20.4 Å². The van der Waals surface area contributed by atoms with Crippen LogP contribution in [0.2, 0.25) is 0 Å². The Kier molecular flexibility index (Phi) is 12.2. The molecule has 1 fully saturated rings. The zero-order chi connectivity index (χ0) is 20.4. The summed E-state index contributed by atoms with van der Waals surface area (Å²) in [5, 5.41) is 6.90. The topological polar surface area (TPSA) is 86.0 Å². The van der Waals surface area contributed by atoms with E-state index in [1.807, 2.05) is 6.07 Å². The number of guanidine groups is 1. The summed E-state index contributed by atoms with van der Waals surface area (Å²) in [4.78, 5) is 20.3. The summed E-state index contributed by atoms with van der Waals surface area (Å²) in [5.74, 6) is 0.616. The number of aliphatic imine (C=N–C) groups is 1. The smallest absolute Gasteiger partial charge is 0.231 e. The fourth-order valence-corrected chi connectivity index (χ4v) is 3.36. The number of nitrogens with one attached hydrogen (secondary N) is 2. The van der Waals surface area contributed by atoms with Gasteiger partial charge in [-0.3, -0.25) is 19.6 Å². The number of likely N-dealkylation sites (tertiary alicyclic amines) is 1. The van der Waals surface area contributed by atoms with Crippen molar-refractivity contribution in [3.8, 4) is 0 Å². The molecule has 1 atom stereocenters. The van der Waals surface area contributed by atoms with Crippen LogP contribution in [0.5, 0.6) is 0 Å². The Bertz CT molecular complexity index is 619. The zero-order valence-electron chi connectivity index (χ0n) is 17.9. The normalized spacial score (nSPS) is 16.9. The third kappa shape index (κ3) is 9.77. The molecule has 1 saturated heterocycles. The molecule has 1 unspecified atom stereocenters. The maximum Gasteiger partial charge on any atom is 0.231 e. The number of hydrogen-bond acceptors (Lipinski definition) is 4. The molecule has 8 heteroatoms. The first-order valence-electron chi connectivity index (χ1n) is 10.3. The highest BCUT2D eigenvalue weighted by atomic mass is 127. The van der Waals surface area contributed by atoms with Crippen LogP contribution in [0.3, 0.4) is 0 Å². The average Bonchev–Trinajstić information content (AvgIpc) is 2.68. The van der Waals surface area contributed by atoms with Gasteiger partial charge in [0.05, 0.1) is 13.1 Å². The van der Waals surface area contributed by atoms with Crippen LogP contribution in [0, 0.1) is 0 Å². The predicted octanol–water partition coefficient (Wildman–Crippen LogP) is 1.63. The molecule has 0 spiro atoms. The number of piperidine rings is 1. The summed E-state index contributed by atoms with van der Waals surface area (Å²) in [6.07, 6.45) is 1.97. The maximum absolute atomic E-state index is 11.1. The van der Waals surface area contributed by atoms with Crippen LogP contribution in [0.4, 0.5) is 0 Å². The van der Waals surface area contributed by atoms with E-state index in [4.69, 9.17) is 10.7 Å². The third-order valence-electron chi connectivity index (χ3n) is 5.19. The number of likely N-dealkylation sites (N-methyl/N-ethyl adjacent to an activating group) is 1. The van der Waals surface area contributed by atoms with Crippen LogP contribution in [-0.4, -0.2) is 73.5 Å². The molecule has 0 bridgehead atoms. The van der Waals surface area contributed by atoms with Crippen molar-refractivity contribution >= 4 is 35.8 Å². The highest BCUT2D eigenvalue weighted by molar-refractivity contribution is 14.0. The average molecular weight is 516 g/mol. The number of carbonyl (C=O) groups excluding carboxylic acids is 1. The number of rotatable bonds is 9. The van der Waals surface area contributed by atoms with Gasteiger partial charge in [-0.05, 0) is 39.3 Å². The first-order chi connectivity index (χ1) is 13.5. The van der Waals surface area contributed by atoms with Gasteiger partial charge in [0.15, 0.2) is 5.96 Å². The van der Waals surface area contributed by atoms with E-state index in [1.54, 1.807) is 0 Å². The molecule has 29 heavy (non-hydrogen) atoms. The van der Waals surface area contributed by atoms with Gasteiger partial charge in [0.1, 0.15) is 0 Å². The third-order valence-corrected chi connectivity index (χ3v) is 5.19. The van der Waals surface area contributed by atoms with Crippen molar-refractivity contribution in [1.29, 1.82) is 0 Å². The summed E-state index contributed by atoms with van der Waals surface area (Å²) in [5.41, 5.74) is 6.60. The summed E-state index contributed by atoms with van der Waals surface area (Å²) >= 11 is 0. The molecule has 1 aliphatic heterocycles. The van der Waals surface area contributed by atoms with Gasteiger partial charge in [-0.15, -0.1) is 24.0 Å². The monoisotopic (exact) mass is 516 g/mol. The maximum atomic E-state index is 11.1. The highest BCUT2D eigenvalue weighted by Gasteiger charge is 2.21. The van der Waals surface area contributed by atoms with Crippen LogP contribution < -0.4 is 16.4 Å². The minimum Gasteiger partial charge on any atom is -0.369 e. The lowest BCUT2D eigenvalue weighted by atomic mass is 10.1. The van der Waals surface area contributed by atoms with Gasteiger partial charge in [0, 0.05) is 38.3 Å². The standard InChI is InChI=1S/C21H36N6O.HI/c1-4-23-21(25-19-10-12-27(13-11-19)16-20(22)28)24-14-17(2)26(3)15-18-8-6-5-7-9-18;/h5-9,17,19H,4,10-16H2,1-3H3,(H2,22,28)(H2,23,24,25);1H. The van der Waals surface area contributed by atoms with Gasteiger partial charge in [0.25, 0.3) is 0 Å².